The molecule has 12 heteroatoms. The second-order valence-electron chi connectivity index (χ2n) is 14.8. The first kappa shape index (κ1) is 36.8. The predicted octanol–water partition coefficient (Wildman–Crippen LogP) is 6.39. The first-order valence-corrected chi connectivity index (χ1v) is 19.4. The van der Waals surface area contributed by atoms with Gasteiger partial charge in [0, 0.05) is 24.2 Å². The van der Waals surface area contributed by atoms with Crippen LogP contribution >= 0.6 is 0 Å². The van der Waals surface area contributed by atoms with E-state index in [0.717, 1.165) is 91.1 Å². The van der Waals surface area contributed by atoms with Crippen LogP contribution in [0.25, 0.3) is 22.5 Å². The fraction of sp³-hybridized carbons (Fsp3) is 0.341. The minimum atomic E-state index is -0.870. The molecule has 0 saturated carbocycles. The zero-order valence-corrected chi connectivity index (χ0v) is 31.7. The lowest BCUT2D eigenvalue weighted by Crippen LogP contribution is -2.44. The van der Waals surface area contributed by atoms with Crippen LogP contribution in [0.4, 0.5) is 4.79 Å². The number of amides is 3. The van der Waals surface area contributed by atoms with Crippen LogP contribution in [0.3, 0.4) is 0 Å². The summed E-state index contributed by atoms with van der Waals surface area (Å²) in [6.07, 6.45) is 8.48. The van der Waals surface area contributed by atoms with Crippen LogP contribution in [0.15, 0.2) is 91.3 Å². The lowest BCUT2D eigenvalue weighted by atomic mass is 10.1. The number of likely N-dealkylation sites (tertiary alicyclic amines) is 3. The van der Waals surface area contributed by atoms with E-state index in [-0.39, 0.29) is 29.9 Å². The molecule has 0 bridgehead atoms. The first-order chi connectivity index (χ1) is 27.4. The Bertz CT molecular complexity index is 2240. The molecule has 0 unspecified atom stereocenters. The number of carbonyl (C=O) groups is 3. The van der Waals surface area contributed by atoms with Crippen LogP contribution in [-0.2, 0) is 14.3 Å². The summed E-state index contributed by atoms with van der Waals surface area (Å²) in [6.45, 7) is 2.32. The summed E-state index contributed by atoms with van der Waals surface area (Å²) >= 11 is 0. The van der Waals surface area contributed by atoms with Crippen LogP contribution in [0, 0.1) is 11.8 Å². The third-order valence-corrected chi connectivity index (χ3v) is 11.3. The van der Waals surface area contributed by atoms with Gasteiger partial charge in [-0.15, -0.1) is 0 Å². The van der Waals surface area contributed by atoms with E-state index < -0.39 is 12.1 Å². The molecular weight excluding hydrogens is 705 g/mol. The number of benzene rings is 3. The van der Waals surface area contributed by atoms with E-state index in [0.29, 0.717) is 17.9 Å². The molecule has 3 aliphatic heterocycles. The molecule has 5 aromatic rings. The number of aromatic amines is 2. The van der Waals surface area contributed by atoms with Gasteiger partial charge in [-0.2, -0.15) is 0 Å². The fourth-order valence-electron chi connectivity index (χ4n) is 8.23. The Balaban J connectivity index is 0.900. The number of nitrogens with one attached hydrogen (secondary N) is 3. The lowest BCUT2D eigenvalue weighted by molar-refractivity contribution is -0.136. The zero-order chi connectivity index (χ0) is 38.6. The van der Waals surface area contributed by atoms with Gasteiger partial charge in [0.1, 0.15) is 17.7 Å². The van der Waals surface area contributed by atoms with E-state index in [4.69, 9.17) is 9.72 Å². The standard InChI is InChI=1S/C44H46N8O4/c1-50-24-6-13-38(50)42(53)51-25-7-11-36(51)40-45-27-34(47-40)31-20-16-29(17-21-31)14-15-30-18-22-32(23-19-30)35-28-46-41(48-35)37-12-8-26-52(37)43(54)39(49-44(55)56-2)33-9-4-3-5-10-33/h3-5,9-10,16-23,27-28,36-39H,6-8,11-13,24-26H2,1-2H3,(H,45,47)(H,46,48)(H,49,55)/t36-,37-,38+,39+/m0/s1. The molecule has 3 aliphatic rings. The van der Waals surface area contributed by atoms with Gasteiger partial charge in [-0.25, -0.2) is 14.8 Å². The summed E-state index contributed by atoms with van der Waals surface area (Å²) in [5.74, 6) is 8.12. The van der Waals surface area contributed by atoms with Gasteiger partial charge in [-0.05, 0) is 93.1 Å². The third-order valence-electron chi connectivity index (χ3n) is 11.3. The number of aromatic nitrogens is 4. The highest BCUT2D eigenvalue weighted by molar-refractivity contribution is 5.87. The Morgan fingerprint density at radius 2 is 1.27 bits per heavy atom. The number of ether oxygens (including phenoxy) is 1. The number of nitrogens with zero attached hydrogens (tertiary/aromatic N) is 5. The van der Waals surface area contributed by atoms with E-state index in [9.17, 15) is 14.4 Å². The van der Waals surface area contributed by atoms with Gasteiger partial charge in [0.15, 0.2) is 0 Å². The topological polar surface area (TPSA) is 140 Å². The molecule has 2 aromatic heterocycles. The molecule has 0 aliphatic carbocycles. The summed E-state index contributed by atoms with van der Waals surface area (Å²) in [4.78, 5) is 61.7. The van der Waals surface area contributed by atoms with Crippen molar-refractivity contribution in [2.75, 3.05) is 33.8 Å². The number of carbonyl (C=O) groups excluding carboxylic acids is 3. The number of methoxy groups -OCH3 is 1. The minimum absolute atomic E-state index is 0.0121. The number of hydrogen-bond donors (Lipinski definition) is 3. The number of likely N-dealkylation sites (N-methyl/N-ethyl adjacent to an activating group) is 1. The van der Waals surface area contributed by atoms with Gasteiger partial charge >= 0.3 is 6.09 Å². The number of H-pyrrole nitrogens is 2. The molecule has 5 heterocycles. The van der Waals surface area contributed by atoms with Gasteiger partial charge < -0.3 is 29.8 Å². The van der Waals surface area contributed by atoms with Gasteiger partial charge in [-0.3, -0.25) is 14.5 Å². The molecule has 3 amide bonds. The highest BCUT2D eigenvalue weighted by Gasteiger charge is 2.39. The zero-order valence-electron chi connectivity index (χ0n) is 31.7. The fourth-order valence-corrected chi connectivity index (χ4v) is 8.23. The summed E-state index contributed by atoms with van der Waals surface area (Å²) in [7, 11) is 3.33. The lowest BCUT2D eigenvalue weighted by Gasteiger charge is -2.29. The molecule has 0 radical (unpaired) electrons. The molecule has 3 N–H and O–H groups in total. The van der Waals surface area contributed by atoms with E-state index in [2.05, 4.69) is 37.0 Å². The van der Waals surface area contributed by atoms with Crippen molar-refractivity contribution in [2.45, 2.75) is 62.7 Å². The van der Waals surface area contributed by atoms with Gasteiger partial charge in [-0.1, -0.05) is 66.4 Å². The van der Waals surface area contributed by atoms with Crippen molar-refractivity contribution in [2.24, 2.45) is 0 Å². The van der Waals surface area contributed by atoms with Crippen LogP contribution in [0.2, 0.25) is 0 Å². The second kappa shape index (κ2) is 16.3. The second-order valence-corrected chi connectivity index (χ2v) is 14.8. The van der Waals surface area contributed by atoms with Crippen molar-refractivity contribution >= 4 is 17.9 Å². The highest BCUT2D eigenvalue weighted by atomic mass is 16.5. The van der Waals surface area contributed by atoms with Crippen molar-refractivity contribution < 1.29 is 19.1 Å². The summed E-state index contributed by atoms with van der Waals surface area (Å²) in [5.41, 5.74) is 6.21. The Labute approximate surface area is 326 Å². The molecular formula is C44H46N8O4. The molecule has 3 aromatic carbocycles. The van der Waals surface area contributed by atoms with Crippen molar-refractivity contribution in [3.63, 3.8) is 0 Å². The van der Waals surface area contributed by atoms with Crippen LogP contribution in [0.5, 0.6) is 0 Å². The molecule has 0 spiro atoms. The normalized spacial score (nSPS) is 20.1. The van der Waals surface area contributed by atoms with Crippen molar-refractivity contribution in [1.29, 1.82) is 0 Å². The van der Waals surface area contributed by atoms with Gasteiger partial charge in [0.25, 0.3) is 5.91 Å². The van der Waals surface area contributed by atoms with Crippen molar-refractivity contribution in [3.05, 3.63) is 120 Å². The average Bonchev–Trinajstić information content (AvgIpc) is 4.09. The summed E-state index contributed by atoms with van der Waals surface area (Å²) in [5, 5.41) is 2.71. The molecule has 4 atom stereocenters. The molecule has 56 heavy (non-hydrogen) atoms. The largest absolute Gasteiger partial charge is 0.453 e. The Hall–Kier alpha value is -6.19. The number of rotatable bonds is 8. The monoisotopic (exact) mass is 750 g/mol. The van der Waals surface area contributed by atoms with Gasteiger partial charge in [0.05, 0.1) is 49.0 Å². The summed E-state index contributed by atoms with van der Waals surface area (Å²) < 4.78 is 4.82. The summed E-state index contributed by atoms with van der Waals surface area (Å²) in [6, 6.07) is 24.1. The van der Waals surface area contributed by atoms with Crippen LogP contribution < -0.4 is 5.32 Å². The quantitative estimate of drug-likeness (QED) is 0.156. The molecule has 12 nitrogen and oxygen atoms in total. The highest BCUT2D eigenvalue weighted by Crippen LogP contribution is 2.35. The minimum Gasteiger partial charge on any atom is -0.453 e. The first-order valence-electron chi connectivity index (χ1n) is 19.4. The Morgan fingerprint density at radius 3 is 1.80 bits per heavy atom. The molecule has 3 saturated heterocycles. The van der Waals surface area contributed by atoms with Gasteiger partial charge in [0.2, 0.25) is 5.91 Å². The third kappa shape index (κ3) is 7.68. The smallest absolute Gasteiger partial charge is 0.407 e. The Kier molecular flexibility index (Phi) is 10.7. The van der Waals surface area contributed by atoms with Crippen molar-refractivity contribution in [3.8, 4) is 34.4 Å². The molecule has 286 valence electrons. The SMILES string of the molecule is COC(=O)N[C@@H](C(=O)N1CCC[C@H]1c1ncc(-c2ccc(C#Cc3ccc(-c4cnc([C@@H]5CCCN5C(=O)[C@H]5CCCN5C)[nH]4)cc3)cc2)[nH]1)c1ccccc1. The van der Waals surface area contributed by atoms with E-state index in [1.807, 2.05) is 97.0 Å². The van der Waals surface area contributed by atoms with E-state index >= 15 is 0 Å². The maximum absolute atomic E-state index is 13.8. The maximum atomic E-state index is 13.8. The molecule has 3 fully saturated rings. The number of alkyl carbamates (subject to hydrolysis) is 1. The number of imidazole rings is 2. The van der Waals surface area contributed by atoms with Crippen molar-refractivity contribution in [1.82, 2.24) is 40.0 Å². The number of hydrogen-bond acceptors (Lipinski definition) is 7. The molecule has 8 rings (SSSR count). The van der Waals surface area contributed by atoms with E-state index in [1.54, 1.807) is 11.1 Å². The van der Waals surface area contributed by atoms with E-state index in [1.165, 1.54) is 7.11 Å². The van der Waals surface area contributed by atoms with Crippen LogP contribution in [-0.4, -0.2) is 92.4 Å². The van der Waals surface area contributed by atoms with Crippen LogP contribution in [0.1, 0.15) is 85.0 Å². The predicted molar refractivity (Wildman–Crippen MR) is 212 cm³/mol. The maximum Gasteiger partial charge on any atom is 0.407 e. The average molecular weight is 751 g/mol. The Morgan fingerprint density at radius 1 is 0.732 bits per heavy atom.